The van der Waals surface area contributed by atoms with Crippen LogP contribution >= 0.6 is 11.6 Å². The summed E-state index contributed by atoms with van der Waals surface area (Å²) in [5, 5.41) is 0.404. The molecule has 112 valence electrons. The quantitative estimate of drug-likeness (QED) is 0.656. The Hall–Kier alpha value is -1.62. The zero-order valence-corrected chi connectivity index (χ0v) is 12.7. The van der Waals surface area contributed by atoms with E-state index in [1.54, 1.807) is 13.2 Å². The van der Waals surface area contributed by atoms with E-state index in [9.17, 15) is 4.39 Å². The van der Waals surface area contributed by atoms with Gasteiger partial charge in [0.15, 0.2) is 0 Å². The minimum atomic E-state index is -0.346. The van der Waals surface area contributed by atoms with E-state index in [2.05, 4.69) is 5.43 Å². The third-order valence-electron chi connectivity index (χ3n) is 3.49. The first-order valence-corrected chi connectivity index (χ1v) is 6.97. The number of methoxy groups -OCH3 is 1. The number of nitrogens with one attached hydrogen (secondary N) is 1. The molecule has 3 nitrogen and oxygen atoms in total. The molecule has 0 aromatic heterocycles. The van der Waals surface area contributed by atoms with Gasteiger partial charge >= 0.3 is 0 Å². The van der Waals surface area contributed by atoms with Crippen molar-refractivity contribution in [1.82, 2.24) is 5.43 Å². The summed E-state index contributed by atoms with van der Waals surface area (Å²) in [6.07, 6.45) is 0.572. The Bertz CT molecular complexity index is 634. The van der Waals surface area contributed by atoms with Gasteiger partial charge in [-0.1, -0.05) is 23.7 Å². The number of ether oxygens (including phenoxy) is 1. The lowest BCUT2D eigenvalue weighted by Gasteiger charge is -2.20. The lowest BCUT2D eigenvalue weighted by molar-refractivity contribution is 0.414. The largest absolute Gasteiger partial charge is 0.497 e. The van der Waals surface area contributed by atoms with Crippen molar-refractivity contribution in [2.45, 2.75) is 19.4 Å². The topological polar surface area (TPSA) is 47.3 Å². The van der Waals surface area contributed by atoms with Crippen LogP contribution in [0.1, 0.15) is 22.7 Å². The first-order valence-electron chi connectivity index (χ1n) is 6.59. The van der Waals surface area contributed by atoms with Gasteiger partial charge in [-0.05, 0) is 54.3 Å². The van der Waals surface area contributed by atoms with Crippen molar-refractivity contribution >= 4 is 11.6 Å². The molecular weight excluding hydrogens is 291 g/mol. The van der Waals surface area contributed by atoms with Crippen molar-refractivity contribution in [3.8, 4) is 5.75 Å². The minimum absolute atomic E-state index is 0.112. The monoisotopic (exact) mass is 308 g/mol. The maximum atomic E-state index is 13.1. The van der Waals surface area contributed by atoms with Gasteiger partial charge in [0.2, 0.25) is 0 Å². The van der Waals surface area contributed by atoms with E-state index >= 15 is 0 Å². The second-order valence-corrected chi connectivity index (χ2v) is 5.29. The summed E-state index contributed by atoms with van der Waals surface area (Å²) in [4.78, 5) is 0. The van der Waals surface area contributed by atoms with Crippen LogP contribution in [-0.2, 0) is 6.42 Å². The maximum absolute atomic E-state index is 13.1. The summed E-state index contributed by atoms with van der Waals surface area (Å²) in [5.74, 6) is 6.13. The van der Waals surface area contributed by atoms with Gasteiger partial charge < -0.3 is 4.74 Å². The SMILES string of the molecule is COc1ccc(C(Cc2ccc(F)cc2Cl)NN)c(C)c1. The van der Waals surface area contributed by atoms with Crippen LogP contribution in [0.25, 0.3) is 0 Å². The van der Waals surface area contributed by atoms with Crippen LogP contribution in [0.3, 0.4) is 0 Å². The summed E-state index contributed by atoms with van der Waals surface area (Å²) in [7, 11) is 1.63. The molecule has 0 fully saturated rings. The summed E-state index contributed by atoms with van der Waals surface area (Å²) in [6, 6.07) is 10.1. The Labute approximate surface area is 128 Å². The van der Waals surface area contributed by atoms with Gasteiger partial charge in [0.1, 0.15) is 11.6 Å². The zero-order chi connectivity index (χ0) is 15.4. The highest BCUT2D eigenvalue weighted by atomic mass is 35.5. The Kier molecular flexibility index (Phi) is 5.17. The molecule has 2 rings (SSSR count). The molecule has 1 unspecified atom stereocenters. The predicted molar refractivity (Wildman–Crippen MR) is 82.9 cm³/mol. The average molecular weight is 309 g/mol. The normalized spacial score (nSPS) is 12.2. The molecule has 2 aromatic carbocycles. The van der Waals surface area contributed by atoms with Crippen molar-refractivity contribution < 1.29 is 9.13 Å². The molecule has 0 heterocycles. The average Bonchev–Trinajstić information content (AvgIpc) is 2.47. The molecule has 0 spiro atoms. The summed E-state index contributed by atoms with van der Waals surface area (Å²) in [6.45, 7) is 1.99. The molecule has 0 radical (unpaired) electrons. The van der Waals surface area contributed by atoms with E-state index in [1.165, 1.54) is 12.1 Å². The molecule has 3 N–H and O–H groups in total. The minimum Gasteiger partial charge on any atom is -0.497 e. The van der Waals surface area contributed by atoms with Gasteiger partial charge in [-0.25, -0.2) is 4.39 Å². The lowest BCUT2D eigenvalue weighted by atomic mass is 9.95. The standard InChI is InChI=1S/C16H18ClFN2O/c1-10-7-13(21-2)5-6-14(10)16(20-19)8-11-3-4-12(18)9-15(11)17/h3-7,9,16,20H,8,19H2,1-2H3. The van der Waals surface area contributed by atoms with Crippen LogP contribution in [-0.4, -0.2) is 7.11 Å². The number of hydrazine groups is 1. The Balaban J connectivity index is 2.27. The van der Waals surface area contributed by atoms with Gasteiger partial charge in [0.05, 0.1) is 13.2 Å². The Morgan fingerprint density at radius 3 is 2.62 bits per heavy atom. The van der Waals surface area contributed by atoms with Crippen molar-refractivity contribution in [3.05, 3.63) is 63.9 Å². The third-order valence-corrected chi connectivity index (χ3v) is 3.84. The van der Waals surface area contributed by atoms with Crippen LogP contribution < -0.4 is 16.0 Å². The first-order chi connectivity index (χ1) is 10.0. The fourth-order valence-corrected chi connectivity index (χ4v) is 2.58. The highest BCUT2D eigenvalue weighted by molar-refractivity contribution is 6.31. The van der Waals surface area contributed by atoms with Crippen molar-refractivity contribution in [1.29, 1.82) is 0 Å². The number of hydrogen-bond acceptors (Lipinski definition) is 3. The summed E-state index contributed by atoms with van der Waals surface area (Å²) >= 11 is 6.08. The third kappa shape index (κ3) is 3.73. The molecule has 0 aliphatic rings. The van der Waals surface area contributed by atoms with E-state index in [4.69, 9.17) is 22.2 Å². The Morgan fingerprint density at radius 2 is 2.05 bits per heavy atom. The van der Waals surface area contributed by atoms with Crippen LogP contribution in [0, 0.1) is 12.7 Å². The second-order valence-electron chi connectivity index (χ2n) is 4.88. The maximum Gasteiger partial charge on any atom is 0.124 e. The summed E-state index contributed by atoms with van der Waals surface area (Å²) in [5.41, 5.74) is 5.76. The molecule has 0 saturated carbocycles. The Morgan fingerprint density at radius 1 is 1.29 bits per heavy atom. The van der Waals surface area contributed by atoms with Crippen molar-refractivity contribution in [2.75, 3.05) is 7.11 Å². The number of halogens is 2. The van der Waals surface area contributed by atoms with Crippen molar-refractivity contribution in [2.24, 2.45) is 5.84 Å². The van der Waals surface area contributed by atoms with Crippen LogP contribution in [0.5, 0.6) is 5.75 Å². The highest BCUT2D eigenvalue weighted by Gasteiger charge is 2.15. The van der Waals surface area contributed by atoms with Crippen LogP contribution in [0.15, 0.2) is 36.4 Å². The molecule has 0 amide bonds. The summed E-state index contributed by atoms with van der Waals surface area (Å²) < 4.78 is 18.3. The molecule has 0 aliphatic carbocycles. The van der Waals surface area contributed by atoms with Gasteiger partial charge in [0, 0.05) is 5.02 Å². The number of benzene rings is 2. The smallest absolute Gasteiger partial charge is 0.124 e. The van der Waals surface area contributed by atoms with Gasteiger partial charge in [0.25, 0.3) is 0 Å². The van der Waals surface area contributed by atoms with E-state index in [0.717, 1.165) is 22.4 Å². The number of rotatable bonds is 5. The molecular formula is C16H18ClFN2O. The van der Waals surface area contributed by atoms with Crippen LogP contribution in [0.2, 0.25) is 5.02 Å². The molecule has 1 atom stereocenters. The predicted octanol–water partition coefficient (Wildman–Crippen LogP) is 3.54. The van der Waals surface area contributed by atoms with Gasteiger partial charge in [-0.3, -0.25) is 11.3 Å². The van der Waals surface area contributed by atoms with E-state index in [0.29, 0.717) is 11.4 Å². The second kappa shape index (κ2) is 6.89. The van der Waals surface area contributed by atoms with Crippen molar-refractivity contribution in [3.63, 3.8) is 0 Å². The van der Waals surface area contributed by atoms with Crippen LogP contribution in [0.4, 0.5) is 4.39 Å². The number of aryl methyl sites for hydroxylation is 1. The molecule has 0 bridgehead atoms. The highest BCUT2D eigenvalue weighted by Crippen LogP contribution is 2.27. The van der Waals surface area contributed by atoms with Gasteiger partial charge in [-0.15, -0.1) is 0 Å². The van der Waals surface area contributed by atoms with E-state index in [1.807, 2.05) is 25.1 Å². The fraction of sp³-hybridized carbons (Fsp3) is 0.250. The molecule has 5 heteroatoms. The molecule has 0 saturated heterocycles. The number of nitrogens with two attached hydrogens (primary N) is 1. The lowest BCUT2D eigenvalue weighted by Crippen LogP contribution is -2.30. The fourth-order valence-electron chi connectivity index (χ4n) is 2.33. The van der Waals surface area contributed by atoms with Gasteiger partial charge in [-0.2, -0.15) is 0 Å². The first kappa shape index (κ1) is 15.8. The molecule has 21 heavy (non-hydrogen) atoms. The molecule has 0 aliphatic heterocycles. The molecule has 2 aromatic rings. The van der Waals surface area contributed by atoms with E-state index < -0.39 is 0 Å². The van der Waals surface area contributed by atoms with E-state index in [-0.39, 0.29) is 11.9 Å². The number of hydrogen-bond donors (Lipinski definition) is 2. The zero-order valence-electron chi connectivity index (χ0n) is 12.0.